The minimum Gasteiger partial charge on any atom is -0.349 e. The molecule has 4 heteroatoms. The van der Waals surface area contributed by atoms with E-state index >= 15 is 0 Å². The summed E-state index contributed by atoms with van der Waals surface area (Å²) >= 11 is 0. The molecule has 78 valence electrons. The lowest BCUT2D eigenvalue weighted by molar-refractivity contribution is -0.639. The van der Waals surface area contributed by atoms with Crippen LogP contribution < -0.4 is 10.5 Å². The summed E-state index contributed by atoms with van der Waals surface area (Å²) in [5.74, 6) is 5.51. The first-order valence-electron chi connectivity index (χ1n) is 4.77. The third-order valence-corrected chi connectivity index (χ3v) is 1.79. The summed E-state index contributed by atoms with van der Waals surface area (Å²) in [6.07, 6.45) is 3.24. The standard InChI is InChI=1S/C10H17N2O2/c1-3-13-10(14-4-2)9-5-7-12(11)8-6-9/h5-8,10H,3-4,11H2,1-2H3/q+1. The topological polar surface area (TPSA) is 48.4 Å². The molecule has 0 aromatic carbocycles. The quantitative estimate of drug-likeness (QED) is 0.430. The van der Waals surface area contributed by atoms with Crippen LogP contribution in [0, 0.1) is 0 Å². The van der Waals surface area contributed by atoms with Crippen molar-refractivity contribution >= 4 is 0 Å². The Morgan fingerprint density at radius 1 is 1.21 bits per heavy atom. The van der Waals surface area contributed by atoms with Gasteiger partial charge in [0.2, 0.25) is 0 Å². The van der Waals surface area contributed by atoms with Crippen LogP contribution >= 0.6 is 0 Å². The second-order valence-electron chi connectivity index (χ2n) is 2.82. The predicted octanol–water partition coefficient (Wildman–Crippen LogP) is 0.759. The number of aromatic nitrogens is 1. The van der Waals surface area contributed by atoms with Gasteiger partial charge in [-0.05, 0) is 13.8 Å². The number of nitrogens with two attached hydrogens (primary N) is 1. The first-order chi connectivity index (χ1) is 6.77. The molecule has 0 bridgehead atoms. The van der Waals surface area contributed by atoms with Gasteiger partial charge in [0.1, 0.15) is 0 Å². The van der Waals surface area contributed by atoms with Gasteiger partial charge in [0, 0.05) is 30.9 Å². The molecule has 0 spiro atoms. The predicted molar refractivity (Wildman–Crippen MR) is 52.8 cm³/mol. The maximum atomic E-state index is 5.51. The molecule has 1 aromatic rings. The van der Waals surface area contributed by atoms with Crippen LogP contribution in [0.2, 0.25) is 0 Å². The fraction of sp³-hybridized carbons (Fsp3) is 0.500. The Morgan fingerprint density at radius 2 is 1.71 bits per heavy atom. The zero-order valence-electron chi connectivity index (χ0n) is 8.64. The highest BCUT2D eigenvalue weighted by Crippen LogP contribution is 2.16. The van der Waals surface area contributed by atoms with Crippen LogP contribution in [-0.4, -0.2) is 13.2 Å². The summed E-state index contributed by atoms with van der Waals surface area (Å²) in [4.78, 5) is 0. The lowest BCUT2D eigenvalue weighted by Gasteiger charge is -2.15. The van der Waals surface area contributed by atoms with Crippen LogP contribution in [0.3, 0.4) is 0 Å². The van der Waals surface area contributed by atoms with Crippen molar-refractivity contribution < 1.29 is 14.1 Å². The summed E-state index contributed by atoms with van der Waals surface area (Å²) < 4.78 is 12.4. The average molecular weight is 197 g/mol. The summed E-state index contributed by atoms with van der Waals surface area (Å²) in [6.45, 7) is 5.14. The fourth-order valence-electron chi connectivity index (χ4n) is 1.15. The monoisotopic (exact) mass is 197 g/mol. The van der Waals surface area contributed by atoms with Crippen molar-refractivity contribution in [2.75, 3.05) is 19.1 Å². The van der Waals surface area contributed by atoms with E-state index < -0.39 is 0 Å². The highest BCUT2D eigenvalue weighted by atomic mass is 16.7. The lowest BCUT2D eigenvalue weighted by Crippen LogP contribution is -2.43. The fourth-order valence-corrected chi connectivity index (χ4v) is 1.15. The third kappa shape index (κ3) is 2.97. The number of rotatable bonds is 5. The largest absolute Gasteiger partial charge is 0.349 e. The van der Waals surface area contributed by atoms with Crippen molar-refractivity contribution in [2.45, 2.75) is 20.1 Å². The molecule has 0 fully saturated rings. The Labute approximate surface area is 84.2 Å². The molecule has 1 rings (SSSR count). The molecule has 0 aliphatic rings. The van der Waals surface area contributed by atoms with E-state index in [1.807, 2.05) is 26.0 Å². The van der Waals surface area contributed by atoms with E-state index in [9.17, 15) is 0 Å². The van der Waals surface area contributed by atoms with Crippen molar-refractivity contribution in [3.8, 4) is 0 Å². The molecule has 0 radical (unpaired) electrons. The number of hydrogen-bond acceptors (Lipinski definition) is 3. The molecule has 0 saturated carbocycles. The highest BCUT2D eigenvalue weighted by Gasteiger charge is 2.11. The third-order valence-electron chi connectivity index (χ3n) is 1.79. The van der Waals surface area contributed by atoms with Crippen molar-refractivity contribution in [3.05, 3.63) is 30.1 Å². The molecule has 0 unspecified atom stereocenters. The molecular weight excluding hydrogens is 180 g/mol. The molecule has 2 N–H and O–H groups in total. The number of ether oxygens (including phenoxy) is 2. The van der Waals surface area contributed by atoms with Gasteiger partial charge in [0.25, 0.3) is 0 Å². The minimum atomic E-state index is -0.286. The minimum absolute atomic E-state index is 0.286. The van der Waals surface area contributed by atoms with Crippen LogP contribution in [0.15, 0.2) is 24.5 Å². The number of hydrogen-bond donors (Lipinski definition) is 1. The summed E-state index contributed by atoms with van der Waals surface area (Å²) in [5.41, 5.74) is 0.982. The molecule has 4 nitrogen and oxygen atoms in total. The Kier molecular flexibility index (Phi) is 4.35. The SMILES string of the molecule is CCOC(OCC)c1cc[n+](N)cc1. The maximum absolute atomic E-state index is 5.51. The van der Waals surface area contributed by atoms with Gasteiger partial charge in [-0.1, -0.05) is 4.68 Å². The van der Waals surface area contributed by atoms with Gasteiger partial charge in [-0.15, -0.1) is 0 Å². The van der Waals surface area contributed by atoms with E-state index in [1.165, 1.54) is 4.68 Å². The van der Waals surface area contributed by atoms with Crippen LogP contribution in [-0.2, 0) is 9.47 Å². The van der Waals surface area contributed by atoms with Crippen LogP contribution in [0.4, 0.5) is 0 Å². The van der Waals surface area contributed by atoms with E-state index in [4.69, 9.17) is 15.3 Å². The molecule has 14 heavy (non-hydrogen) atoms. The molecule has 1 heterocycles. The van der Waals surface area contributed by atoms with Crippen molar-refractivity contribution in [2.24, 2.45) is 0 Å². The number of pyridine rings is 1. The molecular formula is C10H17N2O2+. The smallest absolute Gasteiger partial charge is 0.199 e. The Morgan fingerprint density at radius 3 is 2.14 bits per heavy atom. The first kappa shape index (κ1) is 10.9. The van der Waals surface area contributed by atoms with Gasteiger partial charge < -0.3 is 9.47 Å². The van der Waals surface area contributed by atoms with Gasteiger partial charge in [0.15, 0.2) is 18.7 Å². The second kappa shape index (κ2) is 5.57. The summed E-state index contributed by atoms with van der Waals surface area (Å²) in [6, 6.07) is 3.77. The van der Waals surface area contributed by atoms with E-state index in [-0.39, 0.29) is 6.29 Å². The van der Waals surface area contributed by atoms with Gasteiger partial charge >= 0.3 is 0 Å². The van der Waals surface area contributed by atoms with Crippen molar-refractivity contribution in [1.29, 1.82) is 0 Å². The van der Waals surface area contributed by atoms with E-state index in [1.54, 1.807) is 12.4 Å². The van der Waals surface area contributed by atoms with Gasteiger partial charge in [0.05, 0.1) is 0 Å². The number of nitrogens with zero attached hydrogens (tertiary/aromatic N) is 1. The summed E-state index contributed by atoms with van der Waals surface area (Å²) in [7, 11) is 0. The van der Waals surface area contributed by atoms with Crippen molar-refractivity contribution in [1.82, 2.24) is 0 Å². The zero-order chi connectivity index (χ0) is 10.4. The van der Waals surface area contributed by atoms with Crippen LogP contribution in [0.5, 0.6) is 0 Å². The van der Waals surface area contributed by atoms with Gasteiger partial charge in [-0.25, -0.2) is 5.84 Å². The summed E-state index contributed by atoms with van der Waals surface area (Å²) in [5, 5.41) is 0. The molecule has 1 aromatic heterocycles. The first-order valence-corrected chi connectivity index (χ1v) is 4.77. The van der Waals surface area contributed by atoms with E-state index in [0.29, 0.717) is 13.2 Å². The highest BCUT2D eigenvalue weighted by molar-refractivity contribution is 5.08. The van der Waals surface area contributed by atoms with Crippen molar-refractivity contribution in [3.63, 3.8) is 0 Å². The Hall–Kier alpha value is -1.13. The maximum Gasteiger partial charge on any atom is 0.199 e. The Bertz CT molecular complexity index is 255. The molecule has 0 aliphatic carbocycles. The van der Waals surface area contributed by atoms with Crippen LogP contribution in [0.25, 0.3) is 0 Å². The number of nitrogen functional groups attached to an aromatic ring is 1. The Balaban J connectivity index is 2.71. The molecule has 0 saturated heterocycles. The van der Waals surface area contributed by atoms with Crippen LogP contribution in [0.1, 0.15) is 25.7 Å². The van der Waals surface area contributed by atoms with E-state index in [0.717, 1.165) is 5.56 Å². The van der Waals surface area contributed by atoms with Gasteiger partial charge in [-0.2, -0.15) is 0 Å². The normalized spacial score (nSPS) is 10.8. The van der Waals surface area contributed by atoms with E-state index in [2.05, 4.69) is 0 Å². The molecule has 0 atom stereocenters. The zero-order valence-corrected chi connectivity index (χ0v) is 8.64. The lowest BCUT2D eigenvalue weighted by atomic mass is 10.2. The molecule has 0 aliphatic heterocycles. The second-order valence-corrected chi connectivity index (χ2v) is 2.82. The average Bonchev–Trinajstić information content (AvgIpc) is 2.19. The molecule has 0 amide bonds. The van der Waals surface area contributed by atoms with Gasteiger partial charge in [-0.3, -0.25) is 0 Å².